The van der Waals surface area contributed by atoms with Gasteiger partial charge in [-0.3, -0.25) is 0 Å². The molecule has 2 nitrogen and oxygen atoms in total. The van der Waals surface area contributed by atoms with Gasteiger partial charge in [0.1, 0.15) is 0 Å². The number of halogens is 1. The minimum Gasteiger partial charge on any atom is -0.411 e. The molecule has 3 heteroatoms. The lowest BCUT2D eigenvalue weighted by molar-refractivity contribution is 0.319. The second-order valence-corrected chi connectivity index (χ2v) is 3.44. The lowest BCUT2D eigenvalue weighted by Gasteiger charge is -2.00. The summed E-state index contributed by atoms with van der Waals surface area (Å²) in [6, 6.07) is 7.53. The summed E-state index contributed by atoms with van der Waals surface area (Å²) < 4.78 is 0. The zero-order chi connectivity index (χ0) is 10.6. The Hall–Kier alpha value is -1.28. The van der Waals surface area contributed by atoms with E-state index >= 15 is 0 Å². The number of benzene rings is 1. The molecule has 74 valence electrons. The molecule has 0 unspecified atom stereocenters. The monoisotopic (exact) mass is 209 g/mol. The van der Waals surface area contributed by atoms with Crippen LogP contribution >= 0.6 is 11.6 Å². The fourth-order valence-corrected chi connectivity index (χ4v) is 1.20. The molecule has 0 saturated heterocycles. The van der Waals surface area contributed by atoms with Gasteiger partial charge in [0.2, 0.25) is 0 Å². The maximum absolute atomic E-state index is 8.57. The molecular weight excluding hydrogens is 198 g/mol. The van der Waals surface area contributed by atoms with E-state index in [1.54, 1.807) is 6.92 Å². The molecule has 0 atom stereocenters. The van der Waals surface area contributed by atoms with Crippen LogP contribution in [0.2, 0.25) is 5.02 Å². The third kappa shape index (κ3) is 2.60. The first-order valence-electron chi connectivity index (χ1n) is 4.27. The fraction of sp³-hybridized carbons (Fsp3) is 0.182. The molecule has 0 radical (unpaired) electrons. The molecule has 0 aliphatic rings. The SMILES string of the molecule is CC(=N/O)/C(C)=C/c1ccccc1Cl. The lowest BCUT2D eigenvalue weighted by Crippen LogP contribution is -1.92. The summed E-state index contributed by atoms with van der Waals surface area (Å²) in [5, 5.41) is 12.4. The number of rotatable bonds is 2. The van der Waals surface area contributed by atoms with Gasteiger partial charge in [-0.1, -0.05) is 35.0 Å². The number of hydrogen-bond donors (Lipinski definition) is 1. The quantitative estimate of drug-likeness (QED) is 0.451. The zero-order valence-electron chi connectivity index (χ0n) is 8.16. The average molecular weight is 210 g/mol. The van der Waals surface area contributed by atoms with Crippen LogP contribution in [0.4, 0.5) is 0 Å². The van der Waals surface area contributed by atoms with Gasteiger partial charge in [-0.2, -0.15) is 0 Å². The van der Waals surface area contributed by atoms with Crippen molar-refractivity contribution < 1.29 is 5.21 Å². The van der Waals surface area contributed by atoms with E-state index < -0.39 is 0 Å². The molecule has 0 aromatic heterocycles. The predicted octanol–water partition coefficient (Wildman–Crippen LogP) is 3.59. The summed E-state index contributed by atoms with van der Waals surface area (Å²) in [6.45, 7) is 3.61. The molecule has 0 bridgehead atoms. The Morgan fingerprint density at radius 3 is 2.57 bits per heavy atom. The highest BCUT2D eigenvalue weighted by atomic mass is 35.5. The van der Waals surface area contributed by atoms with Gasteiger partial charge in [-0.05, 0) is 37.1 Å². The van der Waals surface area contributed by atoms with E-state index in [1.165, 1.54) is 0 Å². The van der Waals surface area contributed by atoms with Crippen molar-refractivity contribution in [2.24, 2.45) is 5.16 Å². The van der Waals surface area contributed by atoms with Crippen molar-refractivity contribution >= 4 is 23.4 Å². The van der Waals surface area contributed by atoms with Crippen LogP contribution < -0.4 is 0 Å². The molecule has 0 saturated carbocycles. The van der Waals surface area contributed by atoms with E-state index in [0.29, 0.717) is 10.7 Å². The van der Waals surface area contributed by atoms with Crippen LogP contribution in [-0.4, -0.2) is 10.9 Å². The van der Waals surface area contributed by atoms with Crippen LogP contribution in [0.1, 0.15) is 19.4 Å². The first kappa shape index (κ1) is 10.8. The smallest absolute Gasteiger partial charge is 0.0794 e. The summed E-state index contributed by atoms with van der Waals surface area (Å²) in [7, 11) is 0. The van der Waals surface area contributed by atoms with Crippen LogP contribution in [0.3, 0.4) is 0 Å². The normalized spacial score (nSPS) is 13.1. The summed E-state index contributed by atoms with van der Waals surface area (Å²) in [6.07, 6.45) is 1.89. The molecule has 0 amide bonds. The number of oxime groups is 1. The predicted molar refractivity (Wildman–Crippen MR) is 60.0 cm³/mol. The van der Waals surface area contributed by atoms with Crippen molar-refractivity contribution in [3.05, 3.63) is 40.4 Å². The van der Waals surface area contributed by atoms with Gasteiger partial charge < -0.3 is 5.21 Å². The van der Waals surface area contributed by atoms with Gasteiger partial charge in [0.05, 0.1) is 5.71 Å². The van der Waals surface area contributed by atoms with Crippen LogP contribution in [0, 0.1) is 0 Å². The Bertz CT molecular complexity index is 383. The van der Waals surface area contributed by atoms with E-state index in [1.807, 2.05) is 37.3 Å². The van der Waals surface area contributed by atoms with E-state index in [2.05, 4.69) is 5.16 Å². The van der Waals surface area contributed by atoms with Crippen molar-refractivity contribution in [2.45, 2.75) is 13.8 Å². The fourth-order valence-electron chi connectivity index (χ4n) is 1.01. The Morgan fingerprint density at radius 2 is 2.00 bits per heavy atom. The molecule has 0 fully saturated rings. The molecular formula is C11H12ClNO. The molecule has 0 aliphatic carbocycles. The molecule has 1 N–H and O–H groups in total. The molecule has 1 rings (SSSR count). The highest BCUT2D eigenvalue weighted by Gasteiger charge is 1.98. The first-order chi connectivity index (χ1) is 6.65. The van der Waals surface area contributed by atoms with Crippen molar-refractivity contribution in [2.75, 3.05) is 0 Å². The lowest BCUT2D eigenvalue weighted by atomic mass is 10.1. The summed E-state index contributed by atoms with van der Waals surface area (Å²) in [5.74, 6) is 0. The van der Waals surface area contributed by atoms with E-state index in [4.69, 9.17) is 16.8 Å². The van der Waals surface area contributed by atoms with E-state index in [0.717, 1.165) is 11.1 Å². The standard InChI is InChI=1S/C11H12ClNO/c1-8(9(2)13-14)7-10-5-3-4-6-11(10)12/h3-7,14H,1-2H3/b8-7+,13-9-. The molecule has 0 aliphatic heterocycles. The van der Waals surface area contributed by atoms with Crippen LogP contribution in [0.5, 0.6) is 0 Å². The maximum Gasteiger partial charge on any atom is 0.0794 e. The topological polar surface area (TPSA) is 32.6 Å². The largest absolute Gasteiger partial charge is 0.411 e. The molecule has 1 aromatic carbocycles. The number of hydrogen-bond acceptors (Lipinski definition) is 2. The summed E-state index contributed by atoms with van der Waals surface area (Å²) in [4.78, 5) is 0. The Labute approximate surface area is 88.5 Å². The highest BCUT2D eigenvalue weighted by molar-refractivity contribution is 6.32. The number of allylic oxidation sites excluding steroid dienone is 1. The van der Waals surface area contributed by atoms with Gasteiger partial charge >= 0.3 is 0 Å². The Kier molecular flexibility index (Phi) is 3.72. The Balaban J connectivity index is 3.04. The van der Waals surface area contributed by atoms with Crippen LogP contribution in [0.15, 0.2) is 35.0 Å². The molecule has 0 spiro atoms. The van der Waals surface area contributed by atoms with Gasteiger partial charge in [0, 0.05) is 5.02 Å². The van der Waals surface area contributed by atoms with Crippen molar-refractivity contribution in [1.29, 1.82) is 0 Å². The van der Waals surface area contributed by atoms with Gasteiger partial charge in [0.15, 0.2) is 0 Å². The van der Waals surface area contributed by atoms with E-state index in [9.17, 15) is 0 Å². The second kappa shape index (κ2) is 4.82. The second-order valence-electron chi connectivity index (χ2n) is 3.03. The van der Waals surface area contributed by atoms with Crippen molar-refractivity contribution in [1.82, 2.24) is 0 Å². The third-order valence-corrected chi connectivity index (χ3v) is 2.34. The van der Waals surface area contributed by atoms with E-state index in [-0.39, 0.29) is 0 Å². The average Bonchev–Trinajstić information content (AvgIpc) is 2.20. The number of nitrogens with zero attached hydrogens (tertiary/aromatic N) is 1. The first-order valence-corrected chi connectivity index (χ1v) is 4.65. The molecule has 14 heavy (non-hydrogen) atoms. The Morgan fingerprint density at radius 1 is 1.36 bits per heavy atom. The minimum absolute atomic E-state index is 0.588. The van der Waals surface area contributed by atoms with Crippen LogP contribution in [-0.2, 0) is 0 Å². The molecule has 0 heterocycles. The molecule has 1 aromatic rings. The summed E-state index contributed by atoms with van der Waals surface area (Å²) >= 11 is 5.97. The zero-order valence-corrected chi connectivity index (χ0v) is 8.92. The van der Waals surface area contributed by atoms with Gasteiger partial charge in [0.25, 0.3) is 0 Å². The summed E-state index contributed by atoms with van der Waals surface area (Å²) in [5.41, 5.74) is 2.40. The minimum atomic E-state index is 0.588. The van der Waals surface area contributed by atoms with Crippen LogP contribution in [0.25, 0.3) is 6.08 Å². The highest BCUT2D eigenvalue weighted by Crippen LogP contribution is 2.18. The van der Waals surface area contributed by atoms with Crippen molar-refractivity contribution in [3.63, 3.8) is 0 Å². The third-order valence-electron chi connectivity index (χ3n) is 2.00. The maximum atomic E-state index is 8.57. The van der Waals surface area contributed by atoms with Gasteiger partial charge in [-0.15, -0.1) is 0 Å². The van der Waals surface area contributed by atoms with Crippen molar-refractivity contribution in [3.8, 4) is 0 Å². The van der Waals surface area contributed by atoms with Gasteiger partial charge in [-0.25, -0.2) is 0 Å².